The molecular weight excluding hydrogens is 544 g/mol. The molecule has 1 saturated heterocycles. The van der Waals surface area contributed by atoms with Crippen molar-refractivity contribution in [2.45, 2.75) is 32.1 Å². The highest BCUT2D eigenvalue weighted by molar-refractivity contribution is 6.31. The van der Waals surface area contributed by atoms with E-state index in [1.165, 1.54) is 53.0 Å². The molecule has 208 valence electrons. The van der Waals surface area contributed by atoms with Gasteiger partial charge in [-0.15, -0.1) is 0 Å². The van der Waals surface area contributed by atoms with Crippen molar-refractivity contribution in [1.29, 1.82) is 0 Å². The quantitative estimate of drug-likeness (QED) is 0.419. The monoisotopic (exact) mass is 568 g/mol. The Balaban J connectivity index is 1.65. The van der Waals surface area contributed by atoms with Crippen molar-refractivity contribution >= 4 is 40.6 Å². The number of carbonyl (C=O) groups excluding carboxylic acids is 2. The summed E-state index contributed by atoms with van der Waals surface area (Å²) in [5, 5.41) is 15.6. The molecule has 1 aliphatic rings. The fourth-order valence-electron chi connectivity index (χ4n) is 4.42. The minimum atomic E-state index is -4.64. The van der Waals surface area contributed by atoms with Gasteiger partial charge in [0.05, 0.1) is 41.5 Å². The molecule has 0 radical (unpaired) electrons. The first-order chi connectivity index (χ1) is 18.4. The van der Waals surface area contributed by atoms with Crippen LogP contribution in [0.2, 0.25) is 5.02 Å². The van der Waals surface area contributed by atoms with Crippen molar-refractivity contribution in [3.8, 4) is 0 Å². The molecule has 1 aromatic carbocycles. The van der Waals surface area contributed by atoms with Crippen LogP contribution < -0.4 is 15.1 Å². The minimum Gasteiger partial charge on any atom is -0.394 e. The molecule has 1 aliphatic heterocycles. The first-order valence-electron chi connectivity index (χ1n) is 11.9. The average Bonchev–Trinajstić information content (AvgIpc) is 3.51. The second-order valence-electron chi connectivity index (χ2n) is 9.15. The lowest BCUT2D eigenvalue weighted by molar-refractivity contribution is -0.137. The van der Waals surface area contributed by atoms with E-state index in [-0.39, 0.29) is 48.3 Å². The Morgan fingerprint density at radius 1 is 1.26 bits per heavy atom. The number of hydrogen-bond acceptors (Lipinski definition) is 6. The molecule has 39 heavy (non-hydrogen) atoms. The third-order valence-electron chi connectivity index (χ3n) is 6.37. The van der Waals surface area contributed by atoms with E-state index in [2.05, 4.69) is 15.4 Å². The molecule has 0 saturated carbocycles. The van der Waals surface area contributed by atoms with Gasteiger partial charge in [0.25, 0.3) is 0 Å². The summed E-state index contributed by atoms with van der Waals surface area (Å²) in [5.41, 5.74) is -0.211. The zero-order chi connectivity index (χ0) is 28.5. The molecule has 2 atom stereocenters. The minimum absolute atomic E-state index is 0.0221. The molecule has 0 spiro atoms. The lowest BCUT2D eigenvalue weighted by Crippen LogP contribution is -2.44. The number of nitrogens with zero attached hydrogens (tertiary/aromatic N) is 5. The second-order valence-corrected chi connectivity index (χ2v) is 9.56. The van der Waals surface area contributed by atoms with Crippen molar-refractivity contribution in [3.63, 3.8) is 0 Å². The van der Waals surface area contributed by atoms with Gasteiger partial charge in [-0.1, -0.05) is 11.6 Å². The number of pyridine rings is 1. The number of aliphatic hydroxyl groups is 1. The Morgan fingerprint density at radius 2 is 2.00 bits per heavy atom. The molecule has 2 aromatic heterocycles. The first kappa shape index (κ1) is 28.3. The van der Waals surface area contributed by atoms with Crippen molar-refractivity contribution < 1.29 is 32.3 Å². The van der Waals surface area contributed by atoms with Gasteiger partial charge >= 0.3 is 6.18 Å². The number of rotatable bonds is 7. The standard InChI is InChI=1S/C25H25ClF4N6O3/c1-14-7-16(25(28,29)30)9-22(32-14)36-12-15(23(38)33-17-11-31-35(13-17)5-6-37)8-21(36)24(39)34(2)18-3-4-20(27)19(26)10-18/h3-4,7,9-11,13,15,21,37H,5-6,8,12H2,1-2H3,(H,33,38)/t15-,21-/m0/s1. The largest absolute Gasteiger partial charge is 0.416 e. The van der Waals surface area contributed by atoms with E-state index >= 15 is 0 Å². The Labute approximate surface area is 226 Å². The van der Waals surface area contributed by atoms with Crippen molar-refractivity contribution in [2.75, 3.05) is 35.3 Å². The van der Waals surface area contributed by atoms with Crippen LogP contribution in [-0.2, 0) is 22.3 Å². The molecule has 14 heteroatoms. The van der Waals surface area contributed by atoms with Gasteiger partial charge in [0.2, 0.25) is 11.8 Å². The third-order valence-corrected chi connectivity index (χ3v) is 6.66. The summed E-state index contributed by atoms with van der Waals surface area (Å²) in [6.45, 7) is 1.40. The van der Waals surface area contributed by atoms with Crippen LogP contribution in [0, 0.1) is 18.7 Å². The number of benzene rings is 1. The number of likely N-dealkylation sites (N-methyl/N-ethyl adjacent to an activating group) is 1. The van der Waals surface area contributed by atoms with Gasteiger partial charge in [-0.05, 0) is 43.7 Å². The Bertz CT molecular complexity index is 1380. The van der Waals surface area contributed by atoms with Crippen LogP contribution >= 0.6 is 11.6 Å². The van der Waals surface area contributed by atoms with Gasteiger partial charge in [-0.2, -0.15) is 18.3 Å². The van der Waals surface area contributed by atoms with Gasteiger partial charge in [0.1, 0.15) is 17.7 Å². The second kappa shape index (κ2) is 11.2. The molecule has 2 N–H and O–H groups in total. The number of hydrogen-bond donors (Lipinski definition) is 2. The molecule has 0 unspecified atom stereocenters. The zero-order valence-electron chi connectivity index (χ0n) is 20.9. The third kappa shape index (κ3) is 6.31. The summed E-state index contributed by atoms with van der Waals surface area (Å²) in [5.74, 6) is -2.57. The number of halogens is 5. The Morgan fingerprint density at radius 3 is 2.67 bits per heavy atom. The van der Waals surface area contributed by atoms with Gasteiger partial charge in [-0.25, -0.2) is 9.37 Å². The summed E-state index contributed by atoms with van der Waals surface area (Å²) in [6.07, 6.45) is -1.75. The normalized spacial score (nSPS) is 17.4. The van der Waals surface area contributed by atoms with E-state index in [1.807, 2.05) is 0 Å². The zero-order valence-corrected chi connectivity index (χ0v) is 21.7. The van der Waals surface area contributed by atoms with Crippen molar-refractivity contribution in [2.24, 2.45) is 5.92 Å². The molecule has 1 fully saturated rings. The lowest BCUT2D eigenvalue weighted by atomic mass is 10.0. The number of nitrogens with one attached hydrogen (secondary N) is 1. The fraction of sp³-hybridized carbons (Fsp3) is 0.360. The van der Waals surface area contributed by atoms with E-state index in [1.54, 1.807) is 0 Å². The van der Waals surface area contributed by atoms with Crippen LogP contribution in [0.3, 0.4) is 0 Å². The first-order valence-corrected chi connectivity index (χ1v) is 12.2. The van der Waals surface area contributed by atoms with E-state index in [9.17, 15) is 27.2 Å². The average molecular weight is 569 g/mol. The van der Waals surface area contributed by atoms with Crippen LogP contribution in [0.5, 0.6) is 0 Å². The molecule has 0 bridgehead atoms. The molecule has 3 aromatic rings. The molecule has 9 nitrogen and oxygen atoms in total. The van der Waals surface area contributed by atoms with Gasteiger partial charge < -0.3 is 20.2 Å². The SMILES string of the molecule is Cc1cc(C(F)(F)F)cc(N2C[C@@H](C(=O)Nc3cnn(CCO)c3)C[C@H]2C(=O)N(C)c2ccc(F)c(Cl)c2)n1. The van der Waals surface area contributed by atoms with Crippen LogP contribution in [0.1, 0.15) is 17.7 Å². The Hall–Kier alpha value is -3.71. The predicted octanol–water partition coefficient (Wildman–Crippen LogP) is 3.89. The Kier molecular flexibility index (Phi) is 8.12. The molecule has 3 heterocycles. The summed E-state index contributed by atoms with van der Waals surface area (Å²) in [4.78, 5) is 33.6. The number of amides is 2. The molecule has 4 rings (SSSR count). The molecule has 0 aliphatic carbocycles. The van der Waals surface area contributed by atoms with Crippen molar-refractivity contribution in [1.82, 2.24) is 14.8 Å². The van der Waals surface area contributed by atoms with Crippen molar-refractivity contribution in [3.05, 3.63) is 64.8 Å². The summed E-state index contributed by atoms with van der Waals surface area (Å²) in [6, 6.07) is 4.40. The van der Waals surface area contributed by atoms with Crippen LogP contribution in [0.25, 0.3) is 0 Å². The van der Waals surface area contributed by atoms with Crippen LogP contribution in [-0.4, -0.2) is 57.9 Å². The lowest BCUT2D eigenvalue weighted by Gasteiger charge is -2.29. The highest BCUT2D eigenvalue weighted by Gasteiger charge is 2.43. The maximum absolute atomic E-state index is 13.7. The van der Waals surface area contributed by atoms with Crippen LogP contribution in [0.15, 0.2) is 42.7 Å². The predicted molar refractivity (Wildman–Crippen MR) is 136 cm³/mol. The summed E-state index contributed by atoms with van der Waals surface area (Å²) in [7, 11) is 1.43. The fourth-order valence-corrected chi connectivity index (χ4v) is 4.59. The highest BCUT2D eigenvalue weighted by Crippen LogP contribution is 2.36. The maximum atomic E-state index is 13.7. The van der Waals surface area contributed by atoms with E-state index < -0.39 is 41.3 Å². The van der Waals surface area contributed by atoms with Gasteiger partial charge in [0, 0.05) is 31.2 Å². The number of aryl methyl sites for hydroxylation is 1. The number of aliphatic hydroxyl groups excluding tert-OH is 1. The summed E-state index contributed by atoms with van der Waals surface area (Å²) >= 11 is 5.87. The number of alkyl halides is 3. The van der Waals surface area contributed by atoms with Crippen LogP contribution in [0.4, 0.5) is 34.8 Å². The smallest absolute Gasteiger partial charge is 0.394 e. The maximum Gasteiger partial charge on any atom is 0.416 e. The topological polar surface area (TPSA) is 104 Å². The number of carbonyl (C=O) groups is 2. The highest BCUT2D eigenvalue weighted by atomic mass is 35.5. The van der Waals surface area contributed by atoms with E-state index in [0.29, 0.717) is 5.69 Å². The van der Waals surface area contributed by atoms with E-state index in [0.717, 1.165) is 18.2 Å². The molecule has 2 amide bonds. The van der Waals surface area contributed by atoms with Gasteiger partial charge in [-0.3, -0.25) is 14.3 Å². The molecular formula is C25H25ClF4N6O3. The summed E-state index contributed by atoms with van der Waals surface area (Å²) < 4.78 is 55.8. The number of aromatic nitrogens is 3. The van der Waals surface area contributed by atoms with E-state index in [4.69, 9.17) is 16.7 Å². The van der Waals surface area contributed by atoms with Gasteiger partial charge in [0.15, 0.2) is 0 Å². The number of anilines is 3.